The summed E-state index contributed by atoms with van der Waals surface area (Å²) in [6.45, 7) is 1.44. The first-order valence-corrected chi connectivity index (χ1v) is 5.22. The molecule has 2 rings (SSSR count). The van der Waals surface area contributed by atoms with Gasteiger partial charge in [0.15, 0.2) is 0 Å². The molecular formula is C10H17NO3. The third-order valence-corrected chi connectivity index (χ3v) is 3.10. The molecule has 1 aliphatic carbocycles. The first kappa shape index (κ1) is 9.93. The molecule has 0 amide bonds. The van der Waals surface area contributed by atoms with Gasteiger partial charge >= 0.3 is 5.97 Å². The lowest BCUT2D eigenvalue weighted by molar-refractivity contribution is -0.147. The van der Waals surface area contributed by atoms with Gasteiger partial charge in [-0.25, -0.2) is 0 Å². The van der Waals surface area contributed by atoms with Gasteiger partial charge in [-0.3, -0.25) is 9.69 Å². The minimum atomic E-state index is -0.263. The largest absolute Gasteiger partial charge is 0.468 e. The maximum Gasteiger partial charge on any atom is 0.323 e. The summed E-state index contributed by atoms with van der Waals surface area (Å²) in [5.41, 5.74) is 0. The number of aliphatic hydroxyl groups is 1. The summed E-state index contributed by atoms with van der Waals surface area (Å²) in [5, 5.41) is 9.41. The normalized spacial score (nSPS) is 30.3. The van der Waals surface area contributed by atoms with Crippen LogP contribution in [-0.4, -0.2) is 48.3 Å². The number of hydrogen-bond acceptors (Lipinski definition) is 4. The Balaban J connectivity index is 1.99. The molecule has 4 heteroatoms. The molecule has 2 aliphatic rings. The summed E-state index contributed by atoms with van der Waals surface area (Å²) in [6.07, 6.45) is 2.75. The van der Waals surface area contributed by atoms with Crippen LogP contribution < -0.4 is 0 Å². The van der Waals surface area contributed by atoms with E-state index in [4.69, 9.17) is 4.74 Å². The Morgan fingerprint density at radius 2 is 2.21 bits per heavy atom. The monoisotopic (exact) mass is 199 g/mol. The number of hydrogen-bond donors (Lipinski definition) is 1. The number of carbonyl (C=O) groups excluding carboxylic acids is 1. The van der Waals surface area contributed by atoms with Crippen molar-refractivity contribution >= 4 is 5.97 Å². The summed E-state index contributed by atoms with van der Waals surface area (Å²) in [4.78, 5) is 13.6. The Kier molecular flexibility index (Phi) is 2.74. The smallest absolute Gasteiger partial charge is 0.323 e. The molecule has 0 aromatic rings. The number of ether oxygens (including phenoxy) is 1. The minimum absolute atomic E-state index is 0.0999. The van der Waals surface area contributed by atoms with Crippen LogP contribution in [0.3, 0.4) is 0 Å². The second-order valence-electron chi connectivity index (χ2n) is 4.24. The summed E-state index contributed by atoms with van der Waals surface area (Å²) in [6, 6.07) is -0.0999. The number of aliphatic hydroxyl groups excluding tert-OH is 1. The molecule has 0 aromatic carbocycles. The van der Waals surface area contributed by atoms with Crippen LogP contribution >= 0.6 is 0 Å². The molecule has 14 heavy (non-hydrogen) atoms. The molecule has 0 aromatic heterocycles. The van der Waals surface area contributed by atoms with Crippen LogP contribution in [-0.2, 0) is 9.53 Å². The Morgan fingerprint density at radius 1 is 1.50 bits per heavy atom. The van der Waals surface area contributed by atoms with Crippen molar-refractivity contribution in [1.82, 2.24) is 4.90 Å². The van der Waals surface area contributed by atoms with Crippen LogP contribution in [0.1, 0.15) is 19.3 Å². The topological polar surface area (TPSA) is 49.8 Å². The number of nitrogens with zero attached hydrogens (tertiary/aromatic N) is 1. The van der Waals surface area contributed by atoms with Crippen molar-refractivity contribution in [2.75, 3.05) is 20.2 Å². The lowest BCUT2D eigenvalue weighted by Gasteiger charge is -2.24. The standard InChI is InChI=1S/C10H17NO3/c1-14-10(13)9(7-2-3-7)11-5-4-8(12)6-11/h7-9,12H,2-6H2,1H3. The maximum atomic E-state index is 11.5. The molecule has 0 spiro atoms. The minimum Gasteiger partial charge on any atom is -0.468 e. The van der Waals surface area contributed by atoms with E-state index in [-0.39, 0.29) is 18.1 Å². The van der Waals surface area contributed by atoms with Crippen LogP contribution in [0.25, 0.3) is 0 Å². The van der Waals surface area contributed by atoms with E-state index in [1.165, 1.54) is 7.11 Å². The zero-order valence-electron chi connectivity index (χ0n) is 8.48. The van der Waals surface area contributed by atoms with Gasteiger partial charge in [0.05, 0.1) is 13.2 Å². The van der Waals surface area contributed by atoms with E-state index in [0.29, 0.717) is 12.5 Å². The van der Waals surface area contributed by atoms with Crippen molar-refractivity contribution in [3.05, 3.63) is 0 Å². The third kappa shape index (κ3) is 1.91. The molecule has 1 saturated carbocycles. The fourth-order valence-electron chi connectivity index (χ4n) is 2.19. The molecular weight excluding hydrogens is 182 g/mol. The van der Waals surface area contributed by atoms with Crippen molar-refractivity contribution < 1.29 is 14.6 Å². The molecule has 1 N–H and O–H groups in total. The van der Waals surface area contributed by atoms with Gasteiger partial charge in [-0.05, 0) is 25.2 Å². The van der Waals surface area contributed by atoms with Crippen molar-refractivity contribution in [3.63, 3.8) is 0 Å². The Labute approximate surface area is 83.8 Å². The second-order valence-corrected chi connectivity index (χ2v) is 4.24. The van der Waals surface area contributed by atoms with E-state index in [0.717, 1.165) is 25.8 Å². The molecule has 0 bridgehead atoms. The highest BCUT2D eigenvalue weighted by Crippen LogP contribution is 2.37. The summed E-state index contributed by atoms with van der Waals surface area (Å²) >= 11 is 0. The summed E-state index contributed by atoms with van der Waals surface area (Å²) in [5.74, 6) is 0.328. The quantitative estimate of drug-likeness (QED) is 0.650. The average molecular weight is 199 g/mol. The van der Waals surface area contributed by atoms with Gasteiger partial charge in [-0.2, -0.15) is 0 Å². The molecule has 2 unspecified atom stereocenters. The number of β-amino-alcohol motifs (C(OH)–C–C–N with tert-alkyl or cyclic N) is 1. The van der Waals surface area contributed by atoms with E-state index in [1.807, 2.05) is 0 Å². The number of likely N-dealkylation sites (tertiary alicyclic amines) is 1. The van der Waals surface area contributed by atoms with Crippen LogP contribution in [0.5, 0.6) is 0 Å². The highest BCUT2D eigenvalue weighted by molar-refractivity contribution is 5.76. The molecule has 1 saturated heterocycles. The van der Waals surface area contributed by atoms with Crippen molar-refractivity contribution in [1.29, 1.82) is 0 Å². The van der Waals surface area contributed by atoms with E-state index >= 15 is 0 Å². The van der Waals surface area contributed by atoms with Crippen LogP contribution in [0.2, 0.25) is 0 Å². The number of esters is 1. The van der Waals surface area contributed by atoms with E-state index in [9.17, 15) is 9.90 Å². The lowest BCUT2D eigenvalue weighted by Crippen LogP contribution is -2.42. The zero-order valence-corrected chi connectivity index (χ0v) is 8.48. The van der Waals surface area contributed by atoms with Gasteiger partial charge in [0.1, 0.15) is 6.04 Å². The van der Waals surface area contributed by atoms with Crippen LogP contribution in [0.15, 0.2) is 0 Å². The lowest BCUT2D eigenvalue weighted by atomic mass is 10.1. The predicted molar refractivity (Wildman–Crippen MR) is 50.7 cm³/mol. The first-order valence-electron chi connectivity index (χ1n) is 5.22. The first-order chi connectivity index (χ1) is 6.72. The molecule has 1 aliphatic heterocycles. The van der Waals surface area contributed by atoms with Crippen molar-refractivity contribution in [2.24, 2.45) is 5.92 Å². The Hall–Kier alpha value is -0.610. The molecule has 2 atom stereocenters. The highest BCUT2D eigenvalue weighted by atomic mass is 16.5. The number of rotatable bonds is 3. The zero-order chi connectivity index (χ0) is 10.1. The highest BCUT2D eigenvalue weighted by Gasteiger charge is 2.42. The fourth-order valence-corrected chi connectivity index (χ4v) is 2.19. The fraction of sp³-hybridized carbons (Fsp3) is 0.900. The van der Waals surface area contributed by atoms with E-state index in [2.05, 4.69) is 4.90 Å². The summed E-state index contributed by atoms with van der Waals surface area (Å²) in [7, 11) is 1.43. The van der Waals surface area contributed by atoms with Gasteiger partial charge < -0.3 is 9.84 Å². The Morgan fingerprint density at radius 3 is 2.64 bits per heavy atom. The molecule has 1 heterocycles. The molecule has 80 valence electrons. The number of carbonyl (C=O) groups is 1. The van der Waals surface area contributed by atoms with Crippen molar-refractivity contribution in [2.45, 2.75) is 31.4 Å². The predicted octanol–water partition coefficient (Wildman–Crippen LogP) is 0.00460. The van der Waals surface area contributed by atoms with Gasteiger partial charge in [0.2, 0.25) is 0 Å². The molecule has 0 radical (unpaired) electrons. The van der Waals surface area contributed by atoms with Gasteiger partial charge in [0.25, 0.3) is 0 Å². The van der Waals surface area contributed by atoms with E-state index in [1.54, 1.807) is 0 Å². The third-order valence-electron chi connectivity index (χ3n) is 3.10. The van der Waals surface area contributed by atoms with Crippen LogP contribution in [0, 0.1) is 5.92 Å². The number of methoxy groups -OCH3 is 1. The molecule has 2 fully saturated rings. The van der Waals surface area contributed by atoms with Gasteiger partial charge in [0, 0.05) is 13.1 Å². The van der Waals surface area contributed by atoms with Gasteiger partial charge in [-0.15, -0.1) is 0 Å². The average Bonchev–Trinajstić information content (AvgIpc) is 2.90. The SMILES string of the molecule is COC(=O)C(C1CC1)N1CCC(O)C1. The second kappa shape index (κ2) is 3.87. The molecule has 4 nitrogen and oxygen atoms in total. The maximum absolute atomic E-state index is 11.5. The van der Waals surface area contributed by atoms with Crippen molar-refractivity contribution in [3.8, 4) is 0 Å². The Bertz CT molecular complexity index is 227. The van der Waals surface area contributed by atoms with Gasteiger partial charge in [-0.1, -0.05) is 0 Å². The van der Waals surface area contributed by atoms with Crippen LogP contribution in [0.4, 0.5) is 0 Å². The van der Waals surface area contributed by atoms with E-state index < -0.39 is 0 Å². The summed E-state index contributed by atoms with van der Waals surface area (Å²) < 4.78 is 4.80.